The van der Waals surface area contributed by atoms with Crippen molar-refractivity contribution in [3.63, 3.8) is 0 Å². The number of aliphatic hydroxyl groups excluding tert-OH is 1. The number of rotatable bonds is 6. The lowest BCUT2D eigenvalue weighted by Gasteiger charge is -2.09. The fourth-order valence-corrected chi connectivity index (χ4v) is 2.07. The van der Waals surface area contributed by atoms with Crippen LogP contribution in [-0.4, -0.2) is 17.6 Å². The molecule has 0 aliphatic carbocycles. The summed E-state index contributed by atoms with van der Waals surface area (Å²) in [5.74, 6) is 1.88. The topological polar surface area (TPSA) is 75.6 Å². The zero-order valence-corrected chi connectivity index (χ0v) is 12.1. The molecule has 0 aliphatic heterocycles. The van der Waals surface area contributed by atoms with Crippen molar-refractivity contribution in [2.24, 2.45) is 0 Å². The fraction of sp³-hybridized carbons (Fsp3) is 0.312. The van der Waals surface area contributed by atoms with E-state index in [0.717, 1.165) is 11.3 Å². The summed E-state index contributed by atoms with van der Waals surface area (Å²) in [7, 11) is 0. The van der Waals surface area contributed by atoms with E-state index in [4.69, 9.17) is 8.83 Å². The van der Waals surface area contributed by atoms with E-state index in [1.807, 2.05) is 19.9 Å². The summed E-state index contributed by atoms with van der Waals surface area (Å²) < 4.78 is 10.5. The van der Waals surface area contributed by atoms with Gasteiger partial charge in [-0.05, 0) is 44.5 Å². The fourth-order valence-electron chi connectivity index (χ4n) is 2.07. The quantitative estimate of drug-likeness (QED) is 0.802. The van der Waals surface area contributed by atoms with Crippen LogP contribution in [0.15, 0.2) is 39.4 Å². The molecule has 1 atom stereocenters. The number of carbonyl (C=O) groups is 1. The Labute approximate surface area is 123 Å². The van der Waals surface area contributed by atoms with Crippen LogP contribution in [0, 0.1) is 13.8 Å². The lowest BCUT2D eigenvalue weighted by atomic mass is 10.1. The van der Waals surface area contributed by atoms with E-state index in [1.165, 1.54) is 6.08 Å². The van der Waals surface area contributed by atoms with E-state index in [-0.39, 0.29) is 5.91 Å². The van der Waals surface area contributed by atoms with E-state index in [2.05, 4.69) is 5.32 Å². The molecule has 0 radical (unpaired) electrons. The second-order valence-electron chi connectivity index (χ2n) is 4.81. The maximum Gasteiger partial charge on any atom is 0.244 e. The van der Waals surface area contributed by atoms with Crippen molar-refractivity contribution < 1.29 is 18.7 Å². The number of amides is 1. The van der Waals surface area contributed by atoms with Gasteiger partial charge in [0, 0.05) is 18.2 Å². The lowest BCUT2D eigenvalue weighted by molar-refractivity contribution is -0.116. The molecule has 0 saturated heterocycles. The molecular formula is C16H19NO4. The van der Waals surface area contributed by atoms with Gasteiger partial charge in [-0.3, -0.25) is 4.79 Å². The summed E-state index contributed by atoms with van der Waals surface area (Å²) in [5, 5.41) is 12.8. The van der Waals surface area contributed by atoms with Gasteiger partial charge in [0.1, 0.15) is 17.3 Å². The van der Waals surface area contributed by atoms with Gasteiger partial charge in [-0.25, -0.2) is 0 Å². The third-order valence-electron chi connectivity index (χ3n) is 3.10. The van der Waals surface area contributed by atoms with Crippen molar-refractivity contribution in [2.45, 2.75) is 26.4 Å². The number of nitrogens with one attached hydrogen (secondary N) is 1. The van der Waals surface area contributed by atoms with E-state index in [1.54, 1.807) is 24.5 Å². The van der Waals surface area contributed by atoms with Crippen LogP contribution in [0.5, 0.6) is 0 Å². The van der Waals surface area contributed by atoms with Gasteiger partial charge in [0.2, 0.25) is 5.91 Å². The highest BCUT2D eigenvalue weighted by atomic mass is 16.3. The summed E-state index contributed by atoms with van der Waals surface area (Å²) >= 11 is 0. The molecule has 2 rings (SSSR count). The third-order valence-corrected chi connectivity index (χ3v) is 3.10. The molecule has 1 amide bonds. The molecule has 2 aromatic rings. The van der Waals surface area contributed by atoms with Gasteiger partial charge in [0.15, 0.2) is 0 Å². The van der Waals surface area contributed by atoms with Crippen LogP contribution in [0.2, 0.25) is 0 Å². The Morgan fingerprint density at radius 3 is 2.90 bits per heavy atom. The van der Waals surface area contributed by atoms with E-state index in [0.29, 0.717) is 24.5 Å². The van der Waals surface area contributed by atoms with Crippen molar-refractivity contribution in [3.05, 3.63) is 53.4 Å². The second-order valence-corrected chi connectivity index (χ2v) is 4.81. The predicted molar refractivity (Wildman–Crippen MR) is 78.5 cm³/mol. The monoisotopic (exact) mass is 289 g/mol. The van der Waals surface area contributed by atoms with Crippen LogP contribution in [0.1, 0.15) is 35.4 Å². The first-order chi connectivity index (χ1) is 10.1. The summed E-state index contributed by atoms with van der Waals surface area (Å²) in [4.78, 5) is 11.6. The highest BCUT2D eigenvalue weighted by Crippen LogP contribution is 2.23. The molecule has 0 aromatic carbocycles. The maximum atomic E-state index is 11.6. The standard InChI is InChI=1S/C16H19NO4/c1-11-10-14(12(2)21-11)15(18)7-8-17-16(19)6-5-13-4-3-9-20-13/h3-6,9-10,15,18H,7-8H2,1-2H3,(H,17,19)/b6-5+. The molecule has 5 nitrogen and oxygen atoms in total. The average Bonchev–Trinajstić information content (AvgIpc) is 3.05. The van der Waals surface area contributed by atoms with Gasteiger partial charge >= 0.3 is 0 Å². The van der Waals surface area contributed by atoms with Crippen molar-refractivity contribution in [1.82, 2.24) is 5.32 Å². The van der Waals surface area contributed by atoms with E-state index < -0.39 is 6.10 Å². The molecule has 21 heavy (non-hydrogen) atoms. The smallest absolute Gasteiger partial charge is 0.244 e. The molecular weight excluding hydrogens is 270 g/mol. The Hall–Kier alpha value is -2.27. The molecule has 0 fully saturated rings. The Kier molecular flexibility index (Phi) is 5.00. The number of aryl methyl sites for hydroxylation is 2. The van der Waals surface area contributed by atoms with Crippen molar-refractivity contribution in [2.75, 3.05) is 6.54 Å². The predicted octanol–water partition coefficient (Wildman–Crippen LogP) is 2.74. The van der Waals surface area contributed by atoms with Crippen LogP contribution < -0.4 is 5.32 Å². The summed E-state index contributed by atoms with van der Waals surface area (Å²) in [6.45, 7) is 4.03. The largest absolute Gasteiger partial charge is 0.466 e. The second kappa shape index (κ2) is 6.95. The number of aliphatic hydroxyl groups is 1. The van der Waals surface area contributed by atoms with E-state index >= 15 is 0 Å². The first-order valence-electron chi connectivity index (χ1n) is 6.80. The van der Waals surface area contributed by atoms with Crippen molar-refractivity contribution in [3.8, 4) is 0 Å². The number of furan rings is 2. The van der Waals surface area contributed by atoms with Crippen LogP contribution in [-0.2, 0) is 4.79 Å². The zero-order valence-electron chi connectivity index (χ0n) is 12.1. The van der Waals surface area contributed by atoms with Gasteiger partial charge in [-0.2, -0.15) is 0 Å². The highest BCUT2D eigenvalue weighted by Gasteiger charge is 2.14. The number of hydrogen-bond acceptors (Lipinski definition) is 4. The van der Waals surface area contributed by atoms with Gasteiger partial charge in [-0.1, -0.05) is 0 Å². The Morgan fingerprint density at radius 1 is 1.48 bits per heavy atom. The molecule has 1 unspecified atom stereocenters. The minimum atomic E-state index is -0.642. The Balaban J connectivity index is 1.76. The summed E-state index contributed by atoms with van der Waals surface area (Å²) in [6, 6.07) is 5.33. The number of carbonyl (C=O) groups excluding carboxylic acids is 1. The molecule has 2 aromatic heterocycles. The third kappa shape index (κ3) is 4.36. The lowest BCUT2D eigenvalue weighted by Crippen LogP contribution is -2.23. The van der Waals surface area contributed by atoms with Crippen LogP contribution >= 0.6 is 0 Å². The Morgan fingerprint density at radius 2 is 2.29 bits per heavy atom. The van der Waals surface area contributed by atoms with Crippen molar-refractivity contribution >= 4 is 12.0 Å². The molecule has 5 heteroatoms. The normalized spacial score (nSPS) is 12.7. The van der Waals surface area contributed by atoms with E-state index in [9.17, 15) is 9.90 Å². The van der Waals surface area contributed by atoms with Crippen LogP contribution in [0.3, 0.4) is 0 Å². The number of hydrogen-bond donors (Lipinski definition) is 2. The average molecular weight is 289 g/mol. The van der Waals surface area contributed by atoms with Gasteiger partial charge in [0.05, 0.1) is 12.4 Å². The zero-order chi connectivity index (χ0) is 15.2. The Bertz CT molecular complexity index is 610. The minimum Gasteiger partial charge on any atom is -0.466 e. The molecule has 0 saturated carbocycles. The molecule has 2 N–H and O–H groups in total. The van der Waals surface area contributed by atoms with Crippen LogP contribution in [0.25, 0.3) is 6.08 Å². The minimum absolute atomic E-state index is 0.223. The van der Waals surface area contributed by atoms with Crippen LogP contribution in [0.4, 0.5) is 0 Å². The highest BCUT2D eigenvalue weighted by molar-refractivity contribution is 5.91. The van der Waals surface area contributed by atoms with Gasteiger partial charge in [0.25, 0.3) is 0 Å². The first-order valence-corrected chi connectivity index (χ1v) is 6.80. The SMILES string of the molecule is Cc1cc(C(O)CCNC(=O)/C=C/c2ccco2)c(C)o1. The molecule has 0 spiro atoms. The first kappa shape index (κ1) is 15.1. The molecule has 0 bridgehead atoms. The molecule has 2 heterocycles. The summed E-state index contributed by atoms with van der Waals surface area (Å²) in [6.07, 6.45) is 4.33. The summed E-state index contributed by atoms with van der Waals surface area (Å²) in [5.41, 5.74) is 0.771. The molecule has 0 aliphatic rings. The van der Waals surface area contributed by atoms with Gasteiger partial charge in [-0.15, -0.1) is 0 Å². The maximum absolute atomic E-state index is 11.6. The van der Waals surface area contributed by atoms with Gasteiger partial charge < -0.3 is 19.3 Å². The molecule has 112 valence electrons. The van der Waals surface area contributed by atoms with Crippen molar-refractivity contribution in [1.29, 1.82) is 0 Å².